The van der Waals surface area contributed by atoms with Gasteiger partial charge in [0.05, 0.1) is 12.5 Å². The summed E-state index contributed by atoms with van der Waals surface area (Å²) in [5.74, 6) is -5.66. The van der Waals surface area contributed by atoms with E-state index < -0.39 is 66.1 Å². The lowest BCUT2D eigenvalue weighted by Gasteiger charge is -2.23. The summed E-state index contributed by atoms with van der Waals surface area (Å²) >= 11 is 3.95. The van der Waals surface area contributed by atoms with E-state index >= 15 is 0 Å². The average Bonchev–Trinajstić information content (AvgIpc) is 2.62. The summed E-state index contributed by atoms with van der Waals surface area (Å²) in [7, 11) is 0. The number of primary amides is 2. The first-order valence-corrected chi connectivity index (χ1v) is 9.09. The fraction of sp³-hybridized carbons (Fsp3) is 0.600. The van der Waals surface area contributed by atoms with Gasteiger partial charge in [-0.2, -0.15) is 12.6 Å². The number of thiol groups is 1. The van der Waals surface area contributed by atoms with E-state index in [4.69, 9.17) is 22.3 Å². The van der Waals surface area contributed by atoms with Gasteiger partial charge < -0.3 is 38.3 Å². The first-order valence-electron chi connectivity index (χ1n) is 8.46. The Labute approximate surface area is 171 Å². The fourth-order valence-corrected chi connectivity index (χ4v) is 2.22. The molecule has 0 bridgehead atoms. The van der Waals surface area contributed by atoms with E-state index in [0.717, 1.165) is 0 Å². The molecular weight excluding hydrogens is 408 g/mol. The molecule has 13 nitrogen and oxygen atoms in total. The highest BCUT2D eigenvalue weighted by Gasteiger charge is 2.29. The van der Waals surface area contributed by atoms with Crippen LogP contribution in [0.4, 0.5) is 0 Å². The zero-order chi connectivity index (χ0) is 22.7. The minimum absolute atomic E-state index is 0.0398. The Bertz CT molecular complexity index is 659. The Morgan fingerprint density at radius 2 is 1.41 bits per heavy atom. The van der Waals surface area contributed by atoms with Gasteiger partial charge in [-0.05, 0) is 13.3 Å². The molecule has 0 aromatic carbocycles. The number of amides is 5. The lowest BCUT2D eigenvalue weighted by atomic mass is 10.1. The molecule has 0 saturated heterocycles. The van der Waals surface area contributed by atoms with Crippen molar-refractivity contribution < 1.29 is 33.9 Å². The highest BCUT2D eigenvalue weighted by atomic mass is 32.1. The predicted octanol–water partition coefficient (Wildman–Crippen LogP) is -4.06. The van der Waals surface area contributed by atoms with Crippen molar-refractivity contribution in [2.24, 2.45) is 17.2 Å². The number of carbonyl (C=O) groups is 6. The van der Waals surface area contributed by atoms with Crippen LogP contribution >= 0.6 is 12.6 Å². The predicted molar refractivity (Wildman–Crippen MR) is 103 cm³/mol. The smallest absolute Gasteiger partial charge is 0.325 e. The molecule has 10 N–H and O–H groups in total. The van der Waals surface area contributed by atoms with E-state index in [1.807, 2.05) is 0 Å². The molecule has 4 atom stereocenters. The molecular formula is C15H26N6O7S. The molecule has 0 radical (unpaired) electrons. The van der Waals surface area contributed by atoms with Crippen molar-refractivity contribution >= 4 is 48.1 Å². The number of nitrogens with one attached hydrogen (secondary N) is 3. The van der Waals surface area contributed by atoms with Crippen molar-refractivity contribution in [3.8, 4) is 0 Å². The molecule has 0 aliphatic rings. The molecule has 14 heteroatoms. The minimum atomic E-state index is -1.47. The van der Waals surface area contributed by atoms with Crippen LogP contribution in [0.5, 0.6) is 0 Å². The third-order valence-electron chi connectivity index (χ3n) is 3.62. The summed E-state index contributed by atoms with van der Waals surface area (Å²) in [6.07, 6.45) is -0.772. The second kappa shape index (κ2) is 12.6. The normalized spacial score (nSPS) is 14.6. The molecule has 0 rings (SSSR count). The third-order valence-corrected chi connectivity index (χ3v) is 3.99. The Hall–Kier alpha value is -2.87. The van der Waals surface area contributed by atoms with E-state index in [0.29, 0.717) is 0 Å². The van der Waals surface area contributed by atoms with Gasteiger partial charge in [0, 0.05) is 12.2 Å². The molecule has 0 saturated carbocycles. The van der Waals surface area contributed by atoms with Gasteiger partial charge in [0.1, 0.15) is 18.1 Å². The summed E-state index contributed by atoms with van der Waals surface area (Å²) in [5.41, 5.74) is 15.6. The van der Waals surface area contributed by atoms with Crippen molar-refractivity contribution in [1.82, 2.24) is 16.0 Å². The van der Waals surface area contributed by atoms with Gasteiger partial charge >= 0.3 is 5.97 Å². The second-order valence-electron chi connectivity index (χ2n) is 6.16. The van der Waals surface area contributed by atoms with Crippen LogP contribution < -0.4 is 33.2 Å². The summed E-state index contributed by atoms with van der Waals surface area (Å²) < 4.78 is 0. The maximum absolute atomic E-state index is 12.4. The number of rotatable bonds is 13. The van der Waals surface area contributed by atoms with Crippen molar-refractivity contribution in [1.29, 1.82) is 0 Å². The van der Waals surface area contributed by atoms with E-state index in [1.54, 1.807) is 0 Å². The quantitative estimate of drug-likeness (QED) is 0.132. The maximum Gasteiger partial charge on any atom is 0.325 e. The minimum Gasteiger partial charge on any atom is -0.480 e. The Kier molecular flexibility index (Phi) is 11.3. The molecule has 0 spiro atoms. The summed E-state index contributed by atoms with van der Waals surface area (Å²) in [5, 5.41) is 15.5. The molecule has 0 aliphatic carbocycles. The third kappa shape index (κ3) is 10.3. The molecule has 4 unspecified atom stereocenters. The zero-order valence-corrected chi connectivity index (χ0v) is 16.6. The molecule has 29 heavy (non-hydrogen) atoms. The number of carboxylic acids is 1. The van der Waals surface area contributed by atoms with Gasteiger partial charge in [-0.25, -0.2) is 0 Å². The van der Waals surface area contributed by atoms with Crippen LogP contribution in [-0.4, -0.2) is 70.5 Å². The van der Waals surface area contributed by atoms with Crippen LogP contribution in [0, 0.1) is 0 Å². The van der Waals surface area contributed by atoms with E-state index in [9.17, 15) is 28.8 Å². The summed E-state index contributed by atoms with van der Waals surface area (Å²) in [6.45, 7) is 1.19. The van der Waals surface area contributed by atoms with Crippen LogP contribution in [0.1, 0.15) is 26.2 Å². The highest BCUT2D eigenvalue weighted by Crippen LogP contribution is 2.00. The second-order valence-corrected chi connectivity index (χ2v) is 6.52. The SMILES string of the molecule is CC(NC(=O)C(CC(N)=O)NC(=O)C(CS)NC(=O)C(N)CCC(N)=O)C(=O)O. The number of hydrogen-bond acceptors (Lipinski definition) is 8. The molecule has 0 aromatic heterocycles. The molecule has 164 valence electrons. The van der Waals surface area contributed by atoms with Crippen LogP contribution in [0.2, 0.25) is 0 Å². The number of carboxylic acid groups (broad SMARTS) is 1. The van der Waals surface area contributed by atoms with Crippen LogP contribution in [0.3, 0.4) is 0 Å². The number of hydrogen-bond donors (Lipinski definition) is 8. The monoisotopic (exact) mass is 434 g/mol. The first-order chi connectivity index (χ1) is 13.4. The summed E-state index contributed by atoms with van der Waals surface area (Å²) in [6, 6.07) is -5.09. The van der Waals surface area contributed by atoms with Crippen LogP contribution in [0.25, 0.3) is 0 Å². The van der Waals surface area contributed by atoms with Crippen LogP contribution in [-0.2, 0) is 28.8 Å². The van der Waals surface area contributed by atoms with Gasteiger partial charge in [0.25, 0.3) is 0 Å². The van der Waals surface area contributed by atoms with Crippen LogP contribution in [0.15, 0.2) is 0 Å². The number of aliphatic carboxylic acids is 1. The summed E-state index contributed by atoms with van der Waals surface area (Å²) in [4.78, 5) is 69.3. The average molecular weight is 434 g/mol. The van der Waals surface area contributed by atoms with Gasteiger partial charge in [-0.1, -0.05) is 0 Å². The molecule has 0 heterocycles. The lowest BCUT2D eigenvalue weighted by Crippen LogP contribution is -2.58. The molecule has 5 amide bonds. The van der Waals surface area contributed by atoms with Gasteiger partial charge in [0.2, 0.25) is 29.5 Å². The van der Waals surface area contributed by atoms with Crippen molar-refractivity contribution in [3.63, 3.8) is 0 Å². The first kappa shape index (κ1) is 26.1. The fourth-order valence-electron chi connectivity index (χ4n) is 1.96. The van der Waals surface area contributed by atoms with E-state index in [1.165, 1.54) is 6.92 Å². The molecule has 0 aliphatic heterocycles. The van der Waals surface area contributed by atoms with E-state index in [-0.39, 0.29) is 18.6 Å². The van der Waals surface area contributed by atoms with Gasteiger partial charge in [-0.15, -0.1) is 0 Å². The van der Waals surface area contributed by atoms with E-state index in [2.05, 4.69) is 28.6 Å². The maximum atomic E-state index is 12.4. The van der Waals surface area contributed by atoms with Crippen molar-refractivity contribution in [3.05, 3.63) is 0 Å². The van der Waals surface area contributed by atoms with Crippen molar-refractivity contribution in [2.45, 2.75) is 50.4 Å². The van der Waals surface area contributed by atoms with Gasteiger partial charge in [-0.3, -0.25) is 28.8 Å². The topological polar surface area (TPSA) is 237 Å². The molecule has 0 aromatic rings. The lowest BCUT2D eigenvalue weighted by molar-refractivity contribution is -0.142. The number of carbonyl (C=O) groups excluding carboxylic acids is 5. The largest absolute Gasteiger partial charge is 0.480 e. The Balaban J connectivity index is 5.07. The highest BCUT2D eigenvalue weighted by molar-refractivity contribution is 7.80. The Morgan fingerprint density at radius 1 is 0.897 bits per heavy atom. The van der Waals surface area contributed by atoms with Crippen molar-refractivity contribution in [2.75, 3.05) is 5.75 Å². The molecule has 0 fully saturated rings. The standard InChI is InChI=1S/C15H26N6O7S/c1-6(15(27)28)19-13(25)8(4-11(18)23)20-14(26)9(5-29)21-12(24)7(16)2-3-10(17)22/h6-9,29H,2-5,16H2,1H3,(H2,17,22)(H2,18,23)(H,19,25)(H,20,26)(H,21,24)(H,27,28). The zero-order valence-electron chi connectivity index (χ0n) is 15.7. The Morgan fingerprint density at radius 3 is 1.86 bits per heavy atom. The number of nitrogens with two attached hydrogens (primary N) is 3. The van der Waals surface area contributed by atoms with Gasteiger partial charge in [0.15, 0.2) is 0 Å².